The van der Waals surface area contributed by atoms with Gasteiger partial charge in [0, 0.05) is 37.7 Å². The Labute approximate surface area is 176 Å². The molecule has 0 radical (unpaired) electrons. The minimum absolute atomic E-state index is 0.138. The average Bonchev–Trinajstić information content (AvgIpc) is 2.77. The fourth-order valence-electron chi connectivity index (χ4n) is 3.98. The van der Waals surface area contributed by atoms with E-state index in [1.165, 1.54) is 0 Å². The normalized spacial score (nSPS) is 17.7. The molecule has 4 rings (SSSR count). The van der Waals surface area contributed by atoms with Crippen molar-refractivity contribution in [3.05, 3.63) is 71.8 Å². The molecule has 1 atom stereocenters. The van der Waals surface area contributed by atoms with Crippen LogP contribution in [0.5, 0.6) is 0 Å². The molecule has 0 spiro atoms. The first-order chi connectivity index (χ1) is 14.6. The number of hydrogen-bond donors (Lipinski definition) is 1. The van der Waals surface area contributed by atoms with E-state index in [0.29, 0.717) is 31.7 Å². The summed E-state index contributed by atoms with van der Waals surface area (Å²) in [4.78, 5) is 42.2. The number of benzene rings is 2. The summed E-state index contributed by atoms with van der Waals surface area (Å²) < 4.78 is 0. The van der Waals surface area contributed by atoms with Gasteiger partial charge in [0.15, 0.2) is 0 Å². The molecular formula is C24H27N3O3. The van der Waals surface area contributed by atoms with Crippen molar-refractivity contribution in [3.8, 4) is 0 Å². The van der Waals surface area contributed by atoms with Crippen LogP contribution in [-0.4, -0.2) is 53.7 Å². The van der Waals surface area contributed by atoms with Crippen LogP contribution < -0.4 is 5.32 Å². The smallest absolute Gasteiger partial charge is 0.252 e. The highest BCUT2D eigenvalue weighted by molar-refractivity contribution is 5.97. The van der Waals surface area contributed by atoms with E-state index in [-0.39, 0.29) is 23.6 Å². The van der Waals surface area contributed by atoms with Crippen molar-refractivity contribution >= 4 is 17.7 Å². The van der Waals surface area contributed by atoms with Crippen molar-refractivity contribution in [2.75, 3.05) is 26.2 Å². The van der Waals surface area contributed by atoms with Crippen molar-refractivity contribution in [1.82, 2.24) is 15.1 Å². The Balaban J connectivity index is 1.45. The van der Waals surface area contributed by atoms with Crippen molar-refractivity contribution in [3.63, 3.8) is 0 Å². The van der Waals surface area contributed by atoms with E-state index >= 15 is 0 Å². The molecule has 2 fully saturated rings. The largest absolute Gasteiger partial charge is 0.339 e. The lowest BCUT2D eigenvalue weighted by molar-refractivity contribution is -0.144. The van der Waals surface area contributed by atoms with E-state index in [1.807, 2.05) is 41.3 Å². The Bertz CT molecular complexity index is 888. The van der Waals surface area contributed by atoms with E-state index < -0.39 is 6.04 Å². The molecule has 6 heteroatoms. The monoisotopic (exact) mass is 405 g/mol. The highest BCUT2D eigenvalue weighted by Gasteiger charge is 2.34. The molecule has 1 aliphatic heterocycles. The number of rotatable bonds is 5. The quantitative estimate of drug-likeness (QED) is 0.831. The van der Waals surface area contributed by atoms with E-state index in [1.54, 1.807) is 29.2 Å². The number of amides is 3. The van der Waals surface area contributed by atoms with Crippen LogP contribution in [-0.2, 0) is 9.59 Å². The first-order valence-electron chi connectivity index (χ1n) is 10.6. The number of nitrogens with one attached hydrogen (secondary N) is 1. The van der Waals surface area contributed by atoms with Crippen molar-refractivity contribution in [1.29, 1.82) is 0 Å². The summed E-state index contributed by atoms with van der Waals surface area (Å²) in [5, 5.41) is 2.91. The second-order valence-corrected chi connectivity index (χ2v) is 7.96. The highest BCUT2D eigenvalue weighted by atomic mass is 16.2. The Morgan fingerprint density at radius 1 is 0.800 bits per heavy atom. The zero-order valence-electron chi connectivity index (χ0n) is 17.0. The topological polar surface area (TPSA) is 69.7 Å². The van der Waals surface area contributed by atoms with Crippen LogP contribution in [0.15, 0.2) is 60.7 Å². The number of nitrogens with zero attached hydrogens (tertiary/aromatic N) is 2. The maximum absolute atomic E-state index is 13.4. The molecule has 1 unspecified atom stereocenters. The Morgan fingerprint density at radius 2 is 1.37 bits per heavy atom. The number of hydrogen-bond acceptors (Lipinski definition) is 3. The van der Waals surface area contributed by atoms with Gasteiger partial charge in [-0.2, -0.15) is 0 Å². The molecule has 1 heterocycles. The van der Waals surface area contributed by atoms with E-state index in [0.717, 1.165) is 24.8 Å². The van der Waals surface area contributed by atoms with Crippen LogP contribution >= 0.6 is 0 Å². The van der Waals surface area contributed by atoms with Crippen molar-refractivity contribution in [2.24, 2.45) is 5.92 Å². The first kappa shape index (κ1) is 20.1. The van der Waals surface area contributed by atoms with E-state index in [2.05, 4.69) is 5.32 Å². The van der Waals surface area contributed by atoms with Gasteiger partial charge >= 0.3 is 0 Å². The standard InChI is InChI=1S/C24H27N3O3/c28-22(19-10-5-2-6-11-19)25-21(18-8-3-1-4-9-18)24(30)27-16-14-26(15-17-27)23(29)20-12-7-13-20/h1-6,8-11,20-21H,7,12-17H2,(H,25,28). The van der Waals surface area contributed by atoms with Crippen molar-refractivity contribution in [2.45, 2.75) is 25.3 Å². The Kier molecular flexibility index (Phi) is 6.12. The molecule has 0 bridgehead atoms. The van der Waals surface area contributed by atoms with Gasteiger partial charge in [-0.25, -0.2) is 0 Å². The molecule has 0 aromatic heterocycles. The maximum atomic E-state index is 13.4. The molecule has 30 heavy (non-hydrogen) atoms. The number of piperazine rings is 1. The van der Waals surface area contributed by atoms with Gasteiger partial charge in [0.05, 0.1) is 0 Å². The fraction of sp³-hybridized carbons (Fsp3) is 0.375. The van der Waals surface area contributed by atoms with E-state index in [9.17, 15) is 14.4 Å². The third-order valence-electron chi connectivity index (χ3n) is 6.05. The van der Waals surface area contributed by atoms with Crippen LogP contribution in [0.4, 0.5) is 0 Å². The molecule has 1 saturated heterocycles. The fourth-order valence-corrected chi connectivity index (χ4v) is 3.98. The third kappa shape index (κ3) is 4.37. The van der Waals surface area contributed by atoms with Crippen LogP contribution in [0.2, 0.25) is 0 Å². The van der Waals surface area contributed by atoms with E-state index in [4.69, 9.17) is 0 Å². The SMILES string of the molecule is O=C(NC(C(=O)N1CCN(C(=O)C2CCC2)CC1)c1ccccc1)c1ccccc1. The molecule has 2 aliphatic rings. The molecule has 3 amide bonds. The van der Waals surface area contributed by atoms with Gasteiger partial charge in [0.2, 0.25) is 11.8 Å². The molecule has 1 saturated carbocycles. The van der Waals surface area contributed by atoms with Crippen LogP contribution in [0, 0.1) is 5.92 Å². The predicted molar refractivity (Wildman–Crippen MR) is 114 cm³/mol. The van der Waals surface area contributed by atoms with Gasteiger partial charge in [-0.1, -0.05) is 55.0 Å². The maximum Gasteiger partial charge on any atom is 0.252 e. The molecule has 2 aromatic rings. The lowest BCUT2D eigenvalue weighted by atomic mass is 9.84. The average molecular weight is 405 g/mol. The van der Waals surface area contributed by atoms with Crippen LogP contribution in [0.1, 0.15) is 41.2 Å². The summed E-state index contributed by atoms with van der Waals surface area (Å²) in [7, 11) is 0. The second-order valence-electron chi connectivity index (χ2n) is 7.96. The zero-order valence-corrected chi connectivity index (χ0v) is 17.0. The number of carbonyl (C=O) groups is 3. The minimum Gasteiger partial charge on any atom is -0.339 e. The molecule has 156 valence electrons. The Hall–Kier alpha value is -3.15. The highest BCUT2D eigenvalue weighted by Crippen LogP contribution is 2.28. The van der Waals surface area contributed by atoms with Crippen LogP contribution in [0.25, 0.3) is 0 Å². The summed E-state index contributed by atoms with van der Waals surface area (Å²) in [6.45, 7) is 2.08. The summed E-state index contributed by atoms with van der Waals surface area (Å²) >= 11 is 0. The first-order valence-corrected chi connectivity index (χ1v) is 10.6. The Morgan fingerprint density at radius 3 is 1.93 bits per heavy atom. The predicted octanol–water partition coefficient (Wildman–Crippen LogP) is 2.63. The molecular weight excluding hydrogens is 378 g/mol. The van der Waals surface area contributed by atoms with Gasteiger partial charge in [0.1, 0.15) is 6.04 Å². The second kappa shape index (κ2) is 9.11. The molecule has 1 N–H and O–H groups in total. The lowest BCUT2D eigenvalue weighted by Crippen LogP contribution is -2.54. The summed E-state index contributed by atoms with van der Waals surface area (Å²) in [5.74, 6) is -0.0161. The number of carbonyl (C=O) groups excluding carboxylic acids is 3. The van der Waals surface area contributed by atoms with Gasteiger partial charge in [-0.05, 0) is 30.5 Å². The molecule has 1 aliphatic carbocycles. The van der Waals surface area contributed by atoms with Gasteiger partial charge in [-0.3, -0.25) is 14.4 Å². The summed E-state index contributed by atoms with van der Waals surface area (Å²) in [6.07, 6.45) is 3.11. The molecule has 6 nitrogen and oxygen atoms in total. The summed E-state index contributed by atoms with van der Waals surface area (Å²) in [6, 6.07) is 17.5. The van der Waals surface area contributed by atoms with Crippen LogP contribution in [0.3, 0.4) is 0 Å². The molecule has 2 aromatic carbocycles. The minimum atomic E-state index is -0.757. The third-order valence-corrected chi connectivity index (χ3v) is 6.05. The van der Waals surface area contributed by atoms with Crippen molar-refractivity contribution < 1.29 is 14.4 Å². The van der Waals surface area contributed by atoms with Gasteiger partial charge in [-0.15, -0.1) is 0 Å². The van der Waals surface area contributed by atoms with Gasteiger partial charge in [0.25, 0.3) is 5.91 Å². The zero-order chi connectivity index (χ0) is 20.9. The lowest BCUT2D eigenvalue weighted by Gasteiger charge is -2.39. The van der Waals surface area contributed by atoms with Gasteiger partial charge < -0.3 is 15.1 Å². The summed E-state index contributed by atoms with van der Waals surface area (Å²) in [5.41, 5.74) is 1.27.